The van der Waals surface area contributed by atoms with E-state index in [0.29, 0.717) is 42.4 Å². The zero-order valence-electron chi connectivity index (χ0n) is 23.1. The van der Waals surface area contributed by atoms with Crippen LogP contribution < -0.4 is 20.1 Å². The number of hydrogen-bond acceptors (Lipinski definition) is 6. The van der Waals surface area contributed by atoms with Crippen molar-refractivity contribution in [2.24, 2.45) is 0 Å². The van der Waals surface area contributed by atoms with Gasteiger partial charge in [-0.25, -0.2) is 0 Å². The van der Waals surface area contributed by atoms with Crippen molar-refractivity contribution >= 4 is 30.7 Å². The molecule has 1 aliphatic heterocycles. The topological polar surface area (TPSA) is 72.1 Å². The highest BCUT2D eigenvalue weighted by molar-refractivity contribution is 5.95. The van der Waals surface area contributed by atoms with Gasteiger partial charge in [0.1, 0.15) is 0 Å². The average molecular weight is 563 g/mol. The number of nitrogens with one attached hydrogen (secondary N) is 2. The van der Waals surface area contributed by atoms with Gasteiger partial charge in [-0.2, -0.15) is 0 Å². The van der Waals surface area contributed by atoms with Crippen LogP contribution in [0, 0.1) is 0 Å². The van der Waals surface area contributed by atoms with Gasteiger partial charge < -0.3 is 29.7 Å². The molecule has 2 fully saturated rings. The molecule has 1 aromatic rings. The summed E-state index contributed by atoms with van der Waals surface area (Å²) in [6.45, 7) is 7.27. The standard InChI is InChI=1S/C28H47N3O4.2ClH/c1-21(2)31(25-13-12-24(30-20-25)15-16-29-23-9-6-5-7-10-23)28(32)22-11-14-26(34-4)27(19-22)35-18-8-17-33-3;;/h11,14,19,21,23-25,29-30H,5-10,12-13,15-18,20H2,1-4H3;2*1H/t24-,25-;;/m1../s1. The highest BCUT2D eigenvalue weighted by Gasteiger charge is 2.31. The van der Waals surface area contributed by atoms with Gasteiger partial charge in [0.15, 0.2) is 11.5 Å². The van der Waals surface area contributed by atoms with E-state index in [4.69, 9.17) is 14.2 Å². The molecule has 3 rings (SSSR count). The molecule has 9 heteroatoms. The van der Waals surface area contributed by atoms with Gasteiger partial charge in [-0.15, -0.1) is 24.8 Å². The molecule has 2 N–H and O–H groups in total. The third-order valence-corrected chi connectivity index (χ3v) is 7.37. The fraction of sp³-hybridized carbons (Fsp3) is 0.750. The monoisotopic (exact) mass is 561 g/mol. The fourth-order valence-corrected chi connectivity index (χ4v) is 5.43. The smallest absolute Gasteiger partial charge is 0.254 e. The number of amides is 1. The van der Waals surface area contributed by atoms with E-state index in [0.717, 1.165) is 38.8 Å². The molecule has 7 nitrogen and oxygen atoms in total. The molecule has 214 valence electrons. The second-order valence-corrected chi connectivity index (χ2v) is 10.3. The number of carbonyl (C=O) groups is 1. The SMILES string of the molecule is COCCCOc1cc(C(=O)N(C(C)C)[C@@H]2CC[C@H](CCNC3CCCCC3)NC2)ccc1OC.Cl.Cl. The molecule has 2 aliphatic rings. The third-order valence-electron chi connectivity index (χ3n) is 7.37. The van der Waals surface area contributed by atoms with Gasteiger partial charge in [0.05, 0.1) is 13.7 Å². The van der Waals surface area contributed by atoms with Crippen LogP contribution in [0.25, 0.3) is 0 Å². The van der Waals surface area contributed by atoms with Crippen LogP contribution in [0.3, 0.4) is 0 Å². The molecule has 1 heterocycles. The minimum Gasteiger partial charge on any atom is -0.493 e. The highest BCUT2D eigenvalue weighted by atomic mass is 35.5. The molecule has 0 spiro atoms. The molecule has 1 aromatic carbocycles. The normalized spacial score (nSPS) is 20.0. The quantitative estimate of drug-likeness (QED) is 0.321. The second kappa shape index (κ2) is 18.1. The van der Waals surface area contributed by atoms with Crippen molar-refractivity contribution in [1.82, 2.24) is 15.5 Å². The highest BCUT2D eigenvalue weighted by Crippen LogP contribution is 2.30. The maximum absolute atomic E-state index is 13.6. The lowest BCUT2D eigenvalue weighted by Crippen LogP contribution is -2.54. The Hall–Kier alpha value is -1.25. The number of ether oxygens (including phenoxy) is 3. The number of methoxy groups -OCH3 is 2. The molecule has 0 aromatic heterocycles. The van der Waals surface area contributed by atoms with Crippen LogP contribution >= 0.6 is 24.8 Å². The van der Waals surface area contributed by atoms with Crippen molar-refractivity contribution in [3.8, 4) is 11.5 Å². The van der Waals surface area contributed by atoms with Gasteiger partial charge in [0.2, 0.25) is 0 Å². The molecular formula is C28H49Cl2N3O4. The molecule has 37 heavy (non-hydrogen) atoms. The van der Waals surface area contributed by atoms with Gasteiger partial charge >= 0.3 is 0 Å². The van der Waals surface area contributed by atoms with Crippen molar-refractivity contribution < 1.29 is 19.0 Å². The first kappa shape index (κ1) is 33.8. The predicted octanol–water partition coefficient (Wildman–Crippen LogP) is 5.24. The minimum atomic E-state index is 0. The number of halogens is 2. The zero-order chi connectivity index (χ0) is 25.0. The summed E-state index contributed by atoms with van der Waals surface area (Å²) in [5, 5.41) is 7.49. The zero-order valence-corrected chi connectivity index (χ0v) is 24.8. The molecule has 0 bridgehead atoms. The van der Waals surface area contributed by atoms with Crippen LogP contribution in [0.15, 0.2) is 18.2 Å². The Morgan fingerprint density at radius 3 is 2.43 bits per heavy atom. The number of piperidine rings is 1. The maximum Gasteiger partial charge on any atom is 0.254 e. The molecule has 1 amide bonds. The molecule has 1 saturated carbocycles. The lowest BCUT2D eigenvalue weighted by molar-refractivity contribution is 0.0552. The van der Waals surface area contributed by atoms with Gasteiger partial charge in [-0.3, -0.25) is 4.79 Å². The number of carbonyl (C=O) groups excluding carboxylic acids is 1. The first-order chi connectivity index (χ1) is 17.0. The van der Waals surface area contributed by atoms with Gasteiger partial charge in [0.25, 0.3) is 5.91 Å². The molecule has 1 saturated heterocycles. The Labute approximate surface area is 236 Å². The Morgan fingerprint density at radius 2 is 1.81 bits per heavy atom. The Morgan fingerprint density at radius 1 is 1.05 bits per heavy atom. The number of hydrogen-bond donors (Lipinski definition) is 2. The summed E-state index contributed by atoms with van der Waals surface area (Å²) in [5.41, 5.74) is 0.639. The van der Waals surface area contributed by atoms with Crippen molar-refractivity contribution in [2.75, 3.05) is 40.5 Å². The molecule has 0 radical (unpaired) electrons. The summed E-state index contributed by atoms with van der Waals surface area (Å²) in [6, 6.07) is 7.04. The summed E-state index contributed by atoms with van der Waals surface area (Å²) in [4.78, 5) is 15.7. The summed E-state index contributed by atoms with van der Waals surface area (Å²) >= 11 is 0. The van der Waals surface area contributed by atoms with Crippen LogP contribution in [0.1, 0.15) is 82.0 Å². The molecule has 2 atom stereocenters. The van der Waals surface area contributed by atoms with Crippen LogP contribution in [-0.4, -0.2) is 75.5 Å². The van der Waals surface area contributed by atoms with Crippen molar-refractivity contribution in [3.05, 3.63) is 23.8 Å². The van der Waals surface area contributed by atoms with E-state index in [2.05, 4.69) is 24.5 Å². The Balaban J connectivity index is 0.00000342. The van der Waals surface area contributed by atoms with E-state index < -0.39 is 0 Å². The Kier molecular flexibility index (Phi) is 16.5. The average Bonchev–Trinajstić information content (AvgIpc) is 2.88. The van der Waals surface area contributed by atoms with Gasteiger partial charge in [0, 0.05) is 56.4 Å². The summed E-state index contributed by atoms with van der Waals surface area (Å²) < 4.78 is 16.5. The van der Waals surface area contributed by atoms with Crippen molar-refractivity contribution in [1.29, 1.82) is 0 Å². The van der Waals surface area contributed by atoms with Crippen molar-refractivity contribution in [3.63, 3.8) is 0 Å². The van der Waals surface area contributed by atoms with Gasteiger partial charge in [-0.05, 0) is 70.7 Å². The summed E-state index contributed by atoms with van der Waals surface area (Å²) in [5.74, 6) is 1.29. The first-order valence-corrected chi connectivity index (χ1v) is 13.6. The lowest BCUT2D eigenvalue weighted by atomic mass is 9.94. The molecule has 0 unspecified atom stereocenters. The van der Waals surface area contributed by atoms with Crippen molar-refractivity contribution in [2.45, 2.75) is 95.8 Å². The first-order valence-electron chi connectivity index (χ1n) is 13.6. The molecule has 1 aliphatic carbocycles. The van der Waals surface area contributed by atoms with Crippen LogP contribution in [-0.2, 0) is 4.74 Å². The number of nitrogens with zero attached hydrogens (tertiary/aromatic N) is 1. The van der Waals surface area contributed by atoms with E-state index >= 15 is 0 Å². The van der Waals surface area contributed by atoms with Crippen LogP contribution in [0.4, 0.5) is 0 Å². The third kappa shape index (κ3) is 10.4. The van der Waals surface area contributed by atoms with E-state index in [-0.39, 0.29) is 42.8 Å². The van der Waals surface area contributed by atoms with E-state index in [1.807, 2.05) is 23.1 Å². The minimum absolute atomic E-state index is 0. The number of benzene rings is 1. The van der Waals surface area contributed by atoms with Crippen LogP contribution in [0.2, 0.25) is 0 Å². The maximum atomic E-state index is 13.6. The lowest BCUT2D eigenvalue weighted by Gasteiger charge is -2.40. The number of rotatable bonds is 13. The van der Waals surface area contributed by atoms with Gasteiger partial charge in [-0.1, -0.05) is 19.3 Å². The second-order valence-electron chi connectivity index (χ2n) is 10.3. The van der Waals surface area contributed by atoms with Crippen LogP contribution in [0.5, 0.6) is 11.5 Å². The Bertz CT molecular complexity index is 770. The van der Waals surface area contributed by atoms with E-state index in [9.17, 15) is 4.79 Å². The van der Waals surface area contributed by atoms with E-state index in [1.54, 1.807) is 14.2 Å². The van der Waals surface area contributed by atoms with E-state index in [1.165, 1.54) is 32.1 Å². The summed E-state index contributed by atoms with van der Waals surface area (Å²) in [7, 11) is 3.30. The molecular weight excluding hydrogens is 513 g/mol. The fourth-order valence-electron chi connectivity index (χ4n) is 5.43. The summed E-state index contributed by atoms with van der Waals surface area (Å²) in [6.07, 6.45) is 10.9. The predicted molar refractivity (Wildman–Crippen MR) is 155 cm³/mol. The largest absolute Gasteiger partial charge is 0.493 e.